The van der Waals surface area contributed by atoms with E-state index in [1.54, 1.807) is 0 Å². The molecule has 1 aliphatic carbocycles. The molecule has 0 N–H and O–H groups in total. The third-order valence-corrected chi connectivity index (χ3v) is 6.00. The predicted octanol–water partition coefficient (Wildman–Crippen LogP) is 3.95. The van der Waals surface area contributed by atoms with E-state index < -0.39 is 0 Å². The molecule has 158 valence electrons. The number of likely N-dealkylation sites (tertiary alicyclic amines) is 1. The highest BCUT2D eigenvalue weighted by Gasteiger charge is 2.31. The van der Waals surface area contributed by atoms with Crippen LogP contribution in [-0.4, -0.2) is 49.5 Å². The number of carbonyl (C=O) groups is 2. The third-order valence-electron chi connectivity index (χ3n) is 6.00. The largest absolute Gasteiger partial charge is 0.492 e. The molecule has 1 atom stereocenters. The molecule has 0 amide bonds. The fourth-order valence-electron chi connectivity index (χ4n) is 4.23. The fraction of sp³-hybridized carbons (Fsp3) is 0.583. The van der Waals surface area contributed by atoms with E-state index >= 15 is 0 Å². The Morgan fingerprint density at radius 3 is 2.55 bits per heavy atom. The van der Waals surface area contributed by atoms with E-state index in [9.17, 15) is 9.59 Å². The quantitative estimate of drug-likeness (QED) is 0.620. The summed E-state index contributed by atoms with van der Waals surface area (Å²) in [4.78, 5) is 27.1. The van der Waals surface area contributed by atoms with Gasteiger partial charge in [0.25, 0.3) is 0 Å². The van der Waals surface area contributed by atoms with Crippen molar-refractivity contribution in [3.8, 4) is 5.75 Å². The second-order valence-corrected chi connectivity index (χ2v) is 8.00. The van der Waals surface area contributed by atoms with Crippen LogP contribution in [-0.2, 0) is 20.7 Å². The molecule has 2 aliphatic rings. The molecule has 1 heterocycles. The molecule has 29 heavy (non-hydrogen) atoms. The summed E-state index contributed by atoms with van der Waals surface area (Å²) in [5.74, 6) is 0.494. The summed E-state index contributed by atoms with van der Waals surface area (Å²) >= 11 is 0. The van der Waals surface area contributed by atoms with Crippen LogP contribution in [0.15, 0.2) is 35.4 Å². The lowest BCUT2D eigenvalue weighted by Gasteiger charge is -2.26. The molecule has 5 heteroatoms. The molecule has 0 spiro atoms. The number of ether oxygens (including phenoxy) is 2. The maximum absolute atomic E-state index is 12.5. The molecular formula is C24H33NO4. The molecule has 0 radical (unpaired) electrons. The molecule has 1 aromatic carbocycles. The lowest BCUT2D eigenvalue weighted by atomic mass is 9.80. The highest BCUT2D eigenvalue weighted by Crippen LogP contribution is 2.31. The third kappa shape index (κ3) is 5.92. The van der Waals surface area contributed by atoms with Crippen LogP contribution in [0.4, 0.5) is 0 Å². The Morgan fingerprint density at radius 1 is 1.14 bits per heavy atom. The van der Waals surface area contributed by atoms with Crippen molar-refractivity contribution < 1.29 is 19.1 Å². The summed E-state index contributed by atoms with van der Waals surface area (Å²) in [5.41, 5.74) is 2.68. The lowest BCUT2D eigenvalue weighted by Crippen LogP contribution is -2.33. The van der Waals surface area contributed by atoms with Gasteiger partial charge in [0.15, 0.2) is 5.78 Å². The highest BCUT2D eigenvalue weighted by atomic mass is 16.5. The number of piperidine rings is 1. The number of Topliss-reactive ketones (excluding diaryl/α,β-unsaturated/α-hetero) is 1. The van der Waals surface area contributed by atoms with Gasteiger partial charge in [-0.05, 0) is 69.5 Å². The van der Waals surface area contributed by atoms with Crippen LogP contribution in [0.5, 0.6) is 5.75 Å². The maximum Gasteiger partial charge on any atom is 0.313 e. The summed E-state index contributed by atoms with van der Waals surface area (Å²) in [7, 11) is 0. The molecule has 0 aromatic heterocycles. The standard InChI is InChI=1S/C24H33NO4/c1-3-28-24(27)21-11-12-23(26)22(18(21)2)17-19-7-9-20(10-8-19)29-16-15-25-13-5-4-6-14-25/h7-10,21H,3-6,11-17H2,1-2H3. The minimum absolute atomic E-state index is 0.143. The molecule has 3 rings (SSSR count). The number of rotatable bonds is 8. The van der Waals surface area contributed by atoms with E-state index in [0.717, 1.165) is 29.0 Å². The van der Waals surface area contributed by atoms with Crippen LogP contribution in [0.3, 0.4) is 0 Å². The van der Waals surface area contributed by atoms with Crippen LogP contribution in [0.2, 0.25) is 0 Å². The monoisotopic (exact) mass is 399 g/mol. The number of benzene rings is 1. The lowest BCUT2D eigenvalue weighted by molar-refractivity contribution is -0.147. The number of nitrogens with zero attached hydrogens (tertiary/aromatic N) is 1. The second-order valence-electron chi connectivity index (χ2n) is 8.00. The van der Waals surface area contributed by atoms with E-state index in [1.165, 1.54) is 32.4 Å². The first-order chi connectivity index (χ1) is 14.1. The van der Waals surface area contributed by atoms with Crippen molar-refractivity contribution in [3.63, 3.8) is 0 Å². The van der Waals surface area contributed by atoms with Crippen molar-refractivity contribution in [2.24, 2.45) is 5.92 Å². The Kier molecular flexibility index (Phi) is 7.87. The van der Waals surface area contributed by atoms with Crippen molar-refractivity contribution in [1.82, 2.24) is 4.90 Å². The first-order valence-corrected chi connectivity index (χ1v) is 10.9. The van der Waals surface area contributed by atoms with Crippen LogP contribution >= 0.6 is 0 Å². The molecule has 5 nitrogen and oxygen atoms in total. The van der Waals surface area contributed by atoms with E-state index in [0.29, 0.717) is 32.5 Å². The smallest absolute Gasteiger partial charge is 0.313 e. The average molecular weight is 400 g/mol. The molecule has 0 bridgehead atoms. The fourth-order valence-corrected chi connectivity index (χ4v) is 4.23. The van der Waals surface area contributed by atoms with Gasteiger partial charge in [0.2, 0.25) is 0 Å². The minimum atomic E-state index is -0.292. The highest BCUT2D eigenvalue weighted by molar-refractivity contribution is 5.99. The number of carbonyl (C=O) groups excluding carboxylic acids is 2. The zero-order chi connectivity index (χ0) is 20.6. The molecule has 1 aliphatic heterocycles. The SMILES string of the molecule is CCOC(=O)C1CCC(=O)C(Cc2ccc(OCCN3CCCCC3)cc2)=C1C. The van der Waals surface area contributed by atoms with Crippen molar-refractivity contribution in [2.75, 3.05) is 32.8 Å². The summed E-state index contributed by atoms with van der Waals surface area (Å²) in [6.07, 6.45) is 5.44. The summed E-state index contributed by atoms with van der Waals surface area (Å²) in [6.45, 7) is 8.09. The van der Waals surface area contributed by atoms with Gasteiger partial charge in [0.1, 0.15) is 12.4 Å². The molecule has 0 saturated carbocycles. The van der Waals surface area contributed by atoms with E-state index in [-0.39, 0.29) is 17.7 Å². The van der Waals surface area contributed by atoms with Gasteiger partial charge >= 0.3 is 5.97 Å². The average Bonchev–Trinajstić information content (AvgIpc) is 2.73. The molecule has 1 aromatic rings. The normalized spacial score (nSPS) is 20.6. The van der Waals surface area contributed by atoms with Gasteiger partial charge in [-0.25, -0.2) is 0 Å². The first-order valence-electron chi connectivity index (χ1n) is 10.9. The van der Waals surface area contributed by atoms with Gasteiger partial charge in [-0.3, -0.25) is 14.5 Å². The van der Waals surface area contributed by atoms with Crippen molar-refractivity contribution in [3.05, 3.63) is 41.0 Å². The van der Waals surface area contributed by atoms with E-state index in [2.05, 4.69) is 4.90 Å². The Balaban J connectivity index is 1.56. The van der Waals surface area contributed by atoms with Gasteiger partial charge in [0.05, 0.1) is 12.5 Å². The van der Waals surface area contributed by atoms with Crippen molar-refractivity contribution in [1.29, 1.82) is 0 Å². The van der Waals surface area contributed by atoms with Crippen LogP contribution < -0.4 is 4.74 Å². The Morgan fingerprint density at radius 2 is 1.86 bits per heavy atom. The molecule has 1 saturated heterocycles. The van der Waals surface area contributed by atoms with Gasteiger partial charge in [-0.2, -0.15) is 0 Å². The Labute approximate surface area is 174 Å². The molecular weight excluding hydrogens is 366 g/mol. The second kappa shape index (κ2) is 10.6. The van der Waals surface area contributed by atoms with Gasteiger partial charge in [-0.15, -0.1) is 0 Å². The molecule has 1 unspecified atom stereocenters. The molecule has 1 fully saturated rings. The predicted molar refractivity (Wildman–Crippen MR) is 113 cm³/mol. The Bertz CT molecular complexity index is 732. The number of ketones is 1. The Hall–Kier alpha value is -2.14. The van der Waals surface area contributed by atoms with Crippen molar-refractivity contribution >= 4 is 11.8 Å². The summed E-state index contributed by atoms with van der Waals surface area (Å²) < 4.78 is 11.1. The maximum atomic E-state index is 12.5. The van der Waals surface area contributed by atoms with Crippen LogP contribution in [0.1, 0.15) is 51.5 Å². The zero-order valence-electron chi connectivity index (χ0n) is 17.7. The minimum Gasteiger partial charge on any atom is -0.492 e. The first kappa shape index (κ1) is 21.6. The van der Waals surface area contributed by atoms with Gasteiger partial charge in [-0.1, -0.05) is 24.1 Å². The number of hydrogen-bond acceptors (Lipinski definition) is 5. The van der Waals surface area contributed by atoms with E-state index in [1.807, 2.05) is 38.1 Å². The number of allylic oxidation sites excluding steroid dienone is 1. The summed E-state index contributed by atoms with van der Waals surface area (Å²) in [5, 5.41) is 0. The zero-order valence-corrected chi connectivity index (χ0v) is 17.7. The van der Waals surface area contributed by atoms with Gasteiger partial charge in [0, 0.05) is 19.4 Å². The topological polar surface area (TPSA) is 55.8 Å². The number of esters is 1. The van der Waals surface area contributed by atoms with Crippen molar-refractivity contribution in [2.45, 2.75) is 52.4 Å². The van der Waals surface area contributed by atoms with E-state index in [4.69, 9.17) is 9.47 Å². The van der Waals surface area contributed by atoms with Crippen LogP contribution in [0, 0.1) is 5.92 Å². The number of hydrogen-bond donors (Lipinski definition) is 0. The van der Waals surface area contributed by atoms with Gasteiger partial charge < -0.3 is 9.47 Å². The summed E-state index contributed by atoms with van der Waals surface area (Å²) in [6, 6.07) is 7.96. The van der Waals surface area contributed by atoms with Crippen LogP contribution in [0.25, 0.3) is 0 Å².